The lowest BCUT2D eigenvalue weighted by Gasteiger charge is -2.30. The SMILES string of the molecule is Cc1ccc([N+](C)(C)c2ccc(C)c(C)c2)cc1C. The Morgan fingerprint density at radius 2 is 0.947 bits per heavy atom. The highest BCUT2D eigenvalue weighted by Gasteiger charge is 2.23. The Hall–Kier alpha value is -1.60. The molecule has 0 heterocycles. The van der Waals surface area contributed by atoms with Gasteiger partial charge in [0.25, 0.3) is 0 Å². The summed E-state index contributed by atoms with van der Waals surface area (Å²) in [6, 6.07) is 13.5. The maximum atomic E-state index is 2.30. The van der Waals surface area contributed by atoms with Crippen LogP contribution >= 0.6 is 0 Å². The number of quaternary nitrogens is 1. The van der Waals surface area contributed by atoms with Gasteiger partial charge in [-0.3, -0.25) is 4.48 Å². The summed E-state index contributed by atoms with van der Waals surface area (Å²) in [5.41, 5.74) is 8.06. The minimum atomic E-state index is 0.780. The van der Waals surface area contributed by atoms with E-state index in [1.165, 1.54) is 33.6 Å². The molecule has 1 heteroatoms. The van der Waals surface area contributed by atoms with Crippen LogP contribution in [0, 0.1) is 27.7 Å². The van der Waals surface area contributed by atoms with Crippen molar-refractivity contribution in [2.45, 2.75) is 27.7 Å². The Morgan fingerprint density at radius 3 is 1.26 bits per heavy atom. The molecule has 0 aliphatic heterocycles. The van der Waals surface area contributed by atoms with Gasteiger partial charge in [0, 0.05) is 12.1 Å². The summed E-state index contributed by atoms with van der Waals surface area (Å²) in [6.45, 7) is 8.68. The van der Waals surface area contributed by atoms with Gasteiger partial charge in [0.1, 0.15) is 11.4 Å². The molecule has 0 amide bonds. The fourth-order valence-corrected chi connectivity index (χ4v) is 2.30. The molecule has 0 aliphatic rings. The van der Waals surface area contributed by atoms with E-state index in [0.717, 1.165) is 4.48 Å². The van der Waals surface area contributed by atoms with E-state index >= 15 is 0 Å². The number of rotatable bonds is 2. The van der Waals surface area contributed by atoms with Crippen molar-refractivity contribution < 1.29 is 0 Å². The van der Waals surface area contributed by atoms with Crippen LogP contribution in [0.3, 0.4) is 0 Å². The Morgan fingerprint density at radius 1 is 0.579 bits per heavy atom. The summed E-state index contributed by atoms with van der Waals surface area (Å²) in [5, 5.41) is 0. The molecule has 0 atom stereocenters. The highest BCUT2D eigenvalue weighted by Crippen LogP contribution is 2.32. The van der Waals surface area contributed by atoms with Gasteiger partial charge >= 0.3 is 0 Å². The van der Waals surface area contributed by atoms with Crippen LogP contribution in [0.5, 0.6) is 0 Å². The molecule has 0 saturated carbocycles. The Bertz CT molecular complexity index is 556. The topological polar surface area (TPSA) is 0 Å². The minimum absolute atomic E-state index is 0.780. The summed E-state index contributed by atoms with van der Waals surface area (Å²) in [4.78, 5) is 0. The summed E-state index contributed by atoms with van der Waals surface area (Å²) >= 11 is 0. The lowest BCUT2D eigenvalue weighted by atomic mass is 10.1. The second kappa shape index (κ2) is 4.82. The number of hydrogen-bond donors (Lipinski definition) is 0. The van der Waals surface area contributed by atoms with Crippen LogP contribution in [0.25, 0.3) is 0 Å². The third-order valence-corrected chi connectivity index (χ3v) is 4.27. The zero-order valence-corrected chi connectivity index (χ0v) is 12.9. The largest absolute Gasteiger partial charge is 0.264 e. The smallest absolute Gasteiger partial charge is 0.137 e. The maximum absolute atomic E-state index is 2.30. The quantitative estimate of drug-likeness (QED) is 0.674. The molecular weight excluding hydrogens is 230 g/mol. The van der Waals surface area contributed by atoms with Gasteiger partial charge in [0.15, 0.2) is 0 Å². The molecule has 0 bridgehead atoms. The van der Waals surface area contributed by atoms with E-state index in [0.29, 0.717) is 0 Å². The van der Waals surface area contributed by atoms with E-state index < -0.39 is 0 Å². The molecule has 0 unspecified atom stereocenters. The van der Waals surface area contributed by atoms with E-state index in [2.05, 4.69) is 78.2 Å². The van der Waals surface area contributed by atoms with Crippen molar-refractivity contribution in [2.24, 2.45) is 0 Å². The fourth-order valence-electron chi connectivity index (χ4n) is 2.30. The normalized spacial score (nSPS) is 11.7. The van der Waals surface area contributed by atoms with Crippen molar-refractivity contribution in [1.82, 2.24) is 4.48 Å². The average molecular weight is 254 g/mol. The number of benzene rings is 2. The summed E-state index contributed by atoms with van der Waals surface area (Å²) in [6.07, 6.45) is 0. The van der Waals surface area contributed by atoms with Crippen LogP contribution in [-0.2, 0) is 0 Å². The van der Waals surface area contributed by atoms with E-state index in [9.17, 15) is 0 Å². The summed E-state index contributed by atoms with van der Waals surface area (Å²) in [5.74, 6) is 0. The minimum Gasteiger partial charge on any atom is -0.264 e. The average Bonchev–Trinajstić information content (AvgIpc) is 2.35. The molecule has 2 rings (SSSR count). The molecule has 0 saturated heterocycles. The molecule has 0 spiro atoms. The Labute approximate surface area is 117 Å². The third-order valence-electron chi connectivity index (χ3n) is 4.27. The van der Waals surface area contributed by atoms with Crippen molar-refractivity contribution >= 4 is 11.4 Å². The second-order valence-corrected chi connectivity index (χ2v) is 5.99. The first kappa shape index (κ1) is 13.8. The molecule has 0 fully saturated rings. The fraction of sp³-hybridized carbons (Fsp3) is 0.333. The lowest BCUT2D eigenvalue weighted by molar-refractivity contribution is 0.554. The van der Waals surface area contributed by atoms with Gasteiger partial charge in [-0.05, 0) is 62.1 Å². The summed E-state index contributed by atoms with van der Waals surface area (Å²) in [7, 11) is 4.49. The van der Waals surface area contributed by atoms with Crippen molar-refractivity contribution in [3.05, 3.63) is 58.7 Å². The van der Waals surface area contributed by atoms with E-state index in [1.54, 1.807) is 0 Å². The van der Waals surface area contributed by atoms with Crippen molar-refractivity contribution in [1.29, 1.82) is 0 Å². The zero-order chi connectivity index (χ0) is 14.2. The van der Waals surface area contributed by atoms with Crippen LogP contribution in [0.1, 0.15) is 22.3 Å². The Balaban J connectivity index is 2.51. The zero-order valence-electron chi connectivity index (χ0n) is 12.9. The van der Waals surface area contributed by atoms with Crippen molar-refractivity contribution in [3.63, 3.8) is 0 Å². The highest BCUT2D eigenvalue weighted by molar-refractivity contribution is 5.60. The van der Waals surface area contributed by atoms with Gasteiger partial charge in [-0.25, -0.2) is 0 Å². The monoisotopic (exact) mass is 254 g/mol. The van der Waals surface area contributed by atoms with Crippen molar-refractivity contribution in [2.75, 3.05) is 14.1 Å². The molecule has 2 aromatic rings. The first-order valence-electron chi connectivity index (χ1n) is 6.82. The van der Waals surface area contributed by atoms with E-state index in [1.807, 2.05) is 0 Å². The van der Waals surface area contributed by atoms with Crippen LogP contribution < -0.4 is 4.48 Å². The highest BCUT2D eigenvalue weighted by atomic mass is 15.3. The van der Waals surface area contributed by atoms with Gasteiger partial charge in [-0.1, -0.05) is 12.1 Å². The molecule has 1 nitrogen and oxygen atoms in total. The summed E-state index contributed by atoms with van der Waals surface area (Å²) < 4.78 is 0.780. The molecule has 0 radical (unpaired) electrons. The predicted molar refractivity (Wildman–Crippen MR) is 85.1 cm³/mol. The van der Waals surface area contributed by atoms with Gasteiger partial charge in [-0.15, -0.1) is 0 Å². The second-order valence-electron chi connectivity index (χ2n) is 5.99. The maximum Gasteiger partial charge on any atom is 0.137 e. The van der Waals surface area contributed by atoms with E-state index in [-0.39, 0.29) is 0 Å². The van der Waals surface area contributed by atoms with Crippen LogP contribution in [0.2, 0.25) is 0 Å². The van der Waals surface area contributed by atoms with Gasteiger partial charge < -0.3 is 0 Å². The predicted octanol–water partition coefficient (Wildman–Crippen LogP) is 4.82. The molecule has 19 heavy (non-hydrogen) atoms. The molecular formula is C18H24N+. The van der Waals surface area contributed by atoms with Crippen LogP contribution in [0.15, 0.2) is 36.4 Å². The lowest BCUT2D eigenvalue weighted by Crippen LogP contribution is -2.34. The van der Waals surface area contributed by atoms with Gasteiger partial charge in [-0.2, -0.15) is 0 Å². The molecule has 2 aromatic carbocycles. The molecule has 0 aliphatic carbocycles. The standard InChI is InChI=1S/C18H24N/c1-13-7-9-17(11-15(13)3)19(5,6)18-10-8-14(2)16(4)12-18/h7-12H,1-6H3/q+1. The van der Waals surface area contributed by atoms with Gasteiger partial charge in [0.05, 0.1) is 14.1 Å². The molecule has 0 aromatic heterocycles. The number of hydrogen-bond acceptors (Lipinski definition) is 0. The Kier molecular flexibility index (Phi) is 3.51. The van der Waals surface area contributed by atoms with Crippen LogP contribution in [0.4, 0.5) is 11.4 Å². The third kappa shape index (κ3) is 2.57. The first-order chi connectivity index (χ1) is 8.82. The first-order valence-corrected chi connectivity index (χ1v) is 6.82. The van der Waals surface area contributed by atoms with Crippen molar-refractivity contribution in [3.8, 4) is 0 Å². The molecule has 100 valence electrons. The van der Waals surface area contributed by atoms with Crippen LogP contribution in [-0.4, -0.2) is 14.1 Å². The molecule has 0 N–H and O–H groups in total. The van der Waals surface area contributed by atoms with Gasteiger partial charge in [0.2, 0.25) is 0 Å². The van der Waals surface area contributed by atoms with E-state index in [4.69, 9.17) is 0 Å². The number of aryl methyl sites for hydroxylation is 4. The number of nitrogens with zero attached hydrogens (tertiary/aromatic N) is 1.